The Morgan fingerprint density at radius 1 is 1.08 bits per heavy atom. The predicted molar refractivity (Wildman–Crippen MR) is 41.6 cm³/mol. The number of halogens is 4. The zero-order chi connectivity index (χ0) is 9.90. The van der Waals surface area contributed by atoms with Crippen molar-refractivity contribution < 1.29 is 17.6 Å². The average Bonchev–Trinajstić information content (AvgIpc) is 2.04. The number of hydrogen-bond donors (Lipinski definition) is 0. The lowest BCUT2D eigenvalue weighted by molar-refractivity contribution is -0.107. The Bertz CT molecular complexity index is 297. The van der Waals surface area contributed by atoms with E-state index in [-0.39, 0.29) is 5.56 Å². The maximum Gasteiger partial charge on any atom is 0.442 e. The molecule has 0 amide bonds. The smallest absolute Gasteiger partial charge is 0.202 e. The molecule has 0 bridgehead atoms. The molecule has 1 aromatic carbocycles. The summed E-state index contributed by atoms with van der Waals surface area (Å²) in [5.74, 6) is -2.08. The summed E-state index contributed by atoms with van der Waals surface area (Å²) >= 11 is 0. The van der Waals surface area contributed by atoms with E-state index in [1.54, 1.807) is 6.07 Å². The molecule has 0 N–H and O–H groups in total. The van der Waals surface area contributed by atoms with Gasteiger partial charge in [-0.1, -0.05) is 30.3 Å². The van der Waals surface area contributed by atoms with E-state index in [1.165, 1.54) is 24.3 Å². The SMILES string of the molecule is F/C(=C/c1ccccc1)C(F)(F)F. The first-order chi connectivity index (χ1) is 6.00. The Labute approximate surface area is 72.5 Å². The second-order valence-corrected chi connectivity index (χ2v) is 2.40. The molecular formula is C9H6F4. The number of hydrogen-bond acceptors (Lipinski definition) is 0. The molecule has 70 valence electrons. The third kappa shape index (κ3) is 2.89. The molecule has 0 saturated carbocycles. The summed E-state index contributed by atoms with van der Waals surface area (Å²) in [6.45, 7) is 0. The highest BCUT2D eigenvalue weighted by molar-refractivity contribution is 5.51. The molecule has 0 atom stereocenters. The minimum absolute atomic E-state index is 0.192. The van der Waals surface area contributed by atoms with E-state index >= 15 is 0 Å². The van der Waals surface area contributed by atoms with Crippen LogP contribution in [0.25, 0.3) is 6.08 Å². The summed E-state index contributed by atoms with van der Waals surface area (Å²) in [5, 5.41) is 0. The molecule has 0 saturated heterocycles. The fourth-order valence-electron chi connectivity index (χ4n) is 0.777. The van der Waals surface area contributed by atoms with Crippen molar-refractivity contribution in [3.63, 3.8) is 0 Å². The van der Waals surface area contributed by atoms with Crippen LogP contribution >= 0.6 is 0 Å². The van der Waals surface area contributed by atoms with Crippen molar-refractivity contribution in [3.05, 3.63) is 41.7 Å². The van der Waals surface area contributed by atoms with Crippen molar-refractivity contribution >= 4 is 6.08 Å². The zero-order valence-electron chi connectivity index (χ0n) is 6.48. The topological polar surface area (TPSA) is 0 Å². The van der Waals surface area contributed by atoms with E-state index in [9.17, 15) is 17.6 Å². The largest absolute Gasteiger partial charge is 0.442 e. The second kappa shape index (κ2) is 3.60. The molecule has 13 heavy (non-hydrogen) atoms. The molecule has 0 radical (unpaired) electrons. The molecule has 0 aliphatic heterocycles. The van der Waals surface area contributed by atoms with Gasteiger partial charge in [-0.2, -0.15) is 13.2 Å². The molecule has 0 nitrogen and oxygen atoms in total. The molecule has 1 rings (SSSR count). The molecule has 4 heteroatoms. The first-order valence-electron chi connectivity index (χ1n) is 3.49. The number of benzene rings is 1. The molecule has 0 aromatic heterocycles. The van der Waals surface area contributed by atoms with Gasteiger partial charge >= 0.3 is 6.18 Å². The van der Waals surface area contributed by atoms with Crippen LogP contribution in [0.5, 0.6) is 0 Å². The van der Waals surface area contributed by atoms with Gasteiger partial charge in [0, 0.05) is 0 Å². The van der Waals surface area contributed by atoms with Gasteiger partial charge in [-0.25, -0.2) is 4.39 Å². The van der Waals surface area contributed by atoms with Crippen molar-refractivity contribution in [3.8, 4) is 0 Å². The van der Waals surface area contributed by atoms with E-state index < -0.39 is 12.0 Å². The maximum atomic E-state index is 12.3. The van der Waals surface area contributed by atoms with Crippen LogP contribution in [0.15, 0.2) is 36.2 Å². The molecule has 0 unspecified atom stereocenters. The van der Waals surface area contributed by atoms with E-state index in [1.807, 2.05) is 0 Å². The fourth-order valence-corrected chi connectivity index (χ4v) is 0.777. The first kappa shape index (κ1) is 9.77. The second-order valence-electron chi connectivity index (χ2n) is 2.40. The summed E-state index contributed by atoms with van der Waals surface area (Å²) in [6, 6.07) is 7.50. The van der Waals surface area contributed by atoms with Crippen LogP contribution < -0.4 is 0 Å². The van der Waals surface area contributed by atoms with Crippen LogP contribution in [0, 0.1) is 0 Å². The lowest BCUT2D eigenvalue weighted by atomic mass is 10.2. The van der Waals surface area contributed by atoms with Gasteiger partial charge in [0.1, 0.15) is 0 Å². The third-order valence-electron chi connectivity index (χ3n) is 1.36. The Morgan fingerprint density at radius 2 is 1.62 bits per heavy atom. The number of allylic oxidation sites excluding steroid dienone is 1. The molecule has 0 aliphatic rings. The van der Waals surface area contributed by atoms with Crippen LogP contribution in [-0.2, 0) is 0 Å². The van der Waals surface area contributed by atoms with Crippen molar-refractivity contribution in [2.45, 2.75) is 6.18 Å². The van der Waals surface area contributed by atoms with E-state index in [0.29, 0.717) is 6.08 Å². The summed E-state index contributed by atoms with van der Waals surface area (Å²) in [7, 11) is 0. The average molecular weight is 190 g/mol. The quantitative estimate of drug-likeness (QED) is 0.594. The highest BCUT2D eigenvalue weighted by Gasteiger charge is 2.34. The van der Waals surface area contributed by atoms with Crippen LogP contribution in [0.1, 0.15) is 5.56 Å². The monoisotopic (exact) mass is 190 g/mol. The van der Waals surface area contributed by atoms with Crippen molar-refractivity contribution in [1.82, 2.24) is 0 Å². The van der Waals surface area contributed by atoms with Crippen LogP contribution in [-0.4, -0.2) is 6.18 Å². The normalized spacial score (nSPS) is 13.1. The number of rotatable bonds is 1. The lowest BCUT2D eigenvalue weighted by Crippen LogP contribution is -2.07. The molecule has 0 heterocycles. The van der Waals surface area contributed by atoms with Crippen molar-refractivity contribution in [2.24, 2.45) is 0 Å². The molecule has 0 aliphatic carbocycles. The minimum Gasteiger partial charge on any atom is -0.202 e. The molecule has 1 aromatic rings. The van der Waals surface area contributed by atoms with E-state index in [2.05, 4.69) is 0 Å². The lowest BCUT2D eigenvalue weighted by Gasteiger charge is -2.01. The van der Waals surface area contributed by atoms with Crippen molar-refractivity contribution in [1.29, 1.82) is 0 Å². The highest BCUT2D eigenvalue weighted by atomic mass is 19.4. The first-order valence-corrected chi connectivity index (χ1v) is 3.49. The maximum absolute atomic E-state index is 12.3. The van der Waals surface area contributed by atoms with E-state index in [0.717, 1.165) is 0 Å². The third-order valence-corrected chi connectivity index (χ3v) is 1.36. The predicted octanol–water partition coefficient (Wildman–Crippen LogP) is 3.56. The van der Waals surface area contributed by atoms with Crippen LogP contribution in [0.4, 0.5) is 17.6 Å². The Kier molecular flexibility index (Phi) is 2.70. The van der Waals surface area contributed by atoms with Gasteiger partial charge in [-0.3, -0.25) is 0 Å². The Hall–Kier alpha value is -1.32. The van der Waals surface area contributed by atoms with Gasteiger partial charge in [-0.05, 0) is 11.6 Å². The number of alkyl halides is 3. The Morgan fingerprint density at radius 3 is 2.08 bits per heavy atom. The van der Waals surface area contributed by atoms with Gasteiger partial charge in [-0.15, -0.1) is 0 Å². The van der Waals surface area contributed by atoms with Gasteiger partial charge in [0.2, 0.25) is 5.83 Å². The van der Waals surface area contributed by atoms with Crippen molar-refractivity contribution in [2.75, 3.05) is 0 Å². The Balaban J connectivity index is 2.90. The summed E-state index contributed by atoms with van der Waals surface area (Å²) in [5.41, 5.74) is 0.192. The van der Waals surface area contributed by atoms with E-state index in [4.69, 9.17) is 0 Å². The molecule has 0 fully saturated rings. The minimum atomic E-state index is -4.89. The summed E-state index contributed by atoms with van der Waals surface area (Å²) in [4.78, 5) is 0. The zero-order valence-corrected chi connectivity index (χ0v) is 6.48. The fraction of sp³-hybridized carbons (Fsp3) is 0.111. The van der Waals surface area contributed by atoms with Gasteiger partial charge in [0.25, 0.3) is 0 Å². The highest BCUT2D eigenvalue weighted by Crippen LogP contribution is 2.27. The van der Waals surface area contributed by atoms with Crippen LogP contribution in [0.2, 0.25) is 0 Å². The van der Waals surface area contributed by atoms with Gasteiger partial charge in [0.15, 0.2) is 0 Å². The van der Waals surface area contributed by atoms with Crippen LogP contribution in [0.3, 0.4) is 0 Å². The molecular weight excluding hydrogens is 184 g/mol. The van der Waals surface area contributed by atoms with Gasteiger partial charge in [0.05, 0.1) is 0 Å². The summed E-state index contributed by atoms with van der Waals surface area (Å²) in [6.07, 6.45) is -4.43. The van der Waals surface area contributed by atoms with Gasteiger partial charge < -0.3 is 0 Å². The standard InChI is InChI=1S/C9H6F4/c10-8(9(11,12)13)6-7-4-2-1-3-5-7/h1-6H/b8-6+. The summed E-state index contributed by atoms with van der Waals surface area (Å²) < 4.78 is 47.4. The molecule has 0 spiro atoms.